The highest BCUT2D eigenvalue weighted by Gasteiger charge is 2.46. The third-order valence-electron chi connectivity index (χ3n) is 6.41. The minimum Gasteiger partial charge on any atom is -0.489 e. The smallest absolute Gasteiger partial charge is 0.253 e. The van der Waals surface area contributed by atoms with E-state index in [9.17, 15) is 9.59 Å². The molecule has 1 fully saturated rings. The number of hydrogen-bond donors (Lipinski definition) is 1. The quantitative estimate of drug-likeness (QED) is 0.679. The van der Waals surface area contributed by atoms with E-state index in [0.29, 0.717) is 29.4 Å². The predicted molar refractivity (Wildman–Crippen MR) is 126 cm³/mol. The lowest BCUT2D eigenvalue weighted by atomic mass is 9.79. The molecular weight excluding hydrogens is 426 g/mol. The van der Waals surface area contributed by atoms with Gasteiger partial charge in [-0.25, -0.2) is 0 Å². The van der Waals surface area contributed by atoms with Crippen LogP contribution < -0.4 is 10.1 Å². The number of likely N-dealkylation sites (tertiary alicyclic amines) is 1. The second-order valence-electron chi connectivity index (χ2n) is 9.94. The standard InChI is InChI=1S/C25H32ClN3O3/c1-16(2)32-21-8-6-18(14-19(21)26)23(31)28-12-10-25(11-13-28)22-9-7-20(17(3)30)29(22)15-24(4,5)27-25/h6-9,14,16,27H,10-13,15H2,1-5H3. The Labute approximate surface area is 194 Å². The molecule has 2 aliphatic rings. The van der Waals surface area contributed by atoms with Crippen LogP contribution in [0.2, 0.25) is 5.02 Å². The van der Waals surface area contributed by atoms with Crippen molar-refractivity contribution in [2.45, 2.75) is 71.2 Å². The molecule has 1 N–H and O–H groups in total. The summed E-state index contributed by atoms with van der Waals surface area (Å²) in [7, 11) is 0. The van der Waals surface area contributed by atoms with Gasteiger partial charge in [0.05, 0.1) is 22.4 Å². The fourth-order valence-electron chi connectivity index (χ4n) is 5.15. The molecule has 0 radical (unpaired) electrons. The summed E-state index contributed by atoms with van der Waals surface area (Å²) in [5.74, 6) is 0.651. The summed E-state index contributed by atoms with van der Waals surface area (Å²) in [6.07, 6.45) is 1.58. The minimum atomic E-state index is -0.251. The normalized spacial score (nSPS) is 19.2. The summed E-state index contributed by atoms with van der Waals surface area (Å²) >= 11 is 6.35. The summed E-state index contributed by atoms with van der Waals surface area (Å²) in [6.45, 7) is 11.8. The number of Topliss-reactive ketones (excluding diaryl/α,β-unsaturated/α-hetero) is 1. The van der Waals surface area contributed by atoms with Crippen LogP contribution in [0, 0.1) is 0 Å². The molecule has 2 aliphatic heterocycles. The van der Waals surface area contributed by atoms with Crippen LogP contribution in [0.15, 0.2) is 30.3 Å². The maximum absolute atomic E-state index is 13.2. The van der Waals surface area contributed by atoms with Gasteiger partial charge < -0.3 is 14.2 Å². The molecule has 6 nitrogen and oxygen atoms in total. The molecule has 7 heteroatoms. The molecule has 1 saturated heterocycles. The number of amides is 1. The van der Waals surface area contributed by atoms with E-state index in [1.54, 1.807) is 25.1 Å². The molecule has 4 rings (SSSR count). The minimum absolute atomic E-state index is 0.0158. The second kappa shape index (κ2) is 8.23. The fraction of sp³-hybridized carbons (Fsp3) is 0.520. The molecule has 0 atom stereocenters. The highest BCUT2D eigenvalue weighted by atomic mass is 35.5. The molecule has 1 amide bonds. The Morgan fingerprint density at radius 1 is 1.12 bits per heavy atom. The molecule has 0 saturated carbocycles. The molecule has 0 aliphatic carbocycles. The van der Waals surface area contributed by atoms with Crippen LogP contribution in [0.4, 0.5) is 0 Å². The van der Waals surface area contributed by atoms with Crippen molar-refractivity contribution in [1.82, 2.24) is 14.8 Å². The van der Waals surface area contributed by atoms with E-state index in [1.165, 1.54) is 0 Å². The van der Waals surface area contributed by atoms with Crippen molar-refractivity contribution >= 4 is 23.3 Å². The molecule has 0 bridgehead atoms. The van der Waals surface area contributed by atoms with Crippen LogP contribution in [-0.4, -0.2) is 45.9 Å². The van der Waals surface area contributed by atoms with Crippen molar-refractivity contribution in [2.24, 2.45) is 0 Å². The van der Waals surface area contributed by atoms with Crippen molar-refractivity contribution in [3.05, 3.63) is 52.3 Å². The third-order valence-corrected chi connectivity index (χ3v) is 6.70. The number of benzene rings is 1. The SMILES string of the molecule is CC(=O)c1ccc2n1CC(C)(C)NC21CCN(C(=O)c2ccc(OC(C)C)c(Cl)c2)CC1. The Morgan fingerprint density at radius 3 is 2.41 bits per heavy atom. The zero-order valence-corrected chi connectivity index (χ0v) is 20.3. The number of hydrogen-bond acceptors (Lipinski definition) is 4. The number of nitrogens with zero attached hydrogens (tertiary/aromatic N) is 2. The van der Waals surface area contributed by atoms with Crippen LogP contribution in [0.5, 0.6) is 5.75 Å². The summed E-state index contributed by atoms with van der Waals surface area (Å²) in [5.41, 5.74) is 2.07. The highest BCUT2D eigenvalue weighted by molar-refractivity contribution is 6.32. The van der Waals surface area contributed by atoms with Gasteiger partial charge in [0.2, 0.25) is 0 Å². The van der Waals surface area contributed by atoms with Crippen molar-refractivity contribution < 1.29 is 14.3 Å². The first-order valence-corrected chi connectivity index (χ1v) is 11.6. The number of halogens is 1. The van der Waals surface area contributed by atoms with Gasteiger partial charge in [0.25, 0.3) is 5.91 Å². The number of fused-ring (bicyclic) bond motifs is 2. The number of nitrogens with one attached hydrogen (secondary N) is 1. The molecular formula is C25H32ClN3O3. The molecule has 3 heterocycles. The van der Waals surface area contributed by atoms with Gasteiger partial charge in [0, 0.05) is 43.4 Å². The molecule has 2 aromatic rings. The molecule has 1 spiro atoms. The Bertz CT molecular complexity index is 1050. The van der Waals surface area contributed by atoms with Gasteiger partial charge in [-0.15, -0.1) is 0 Å². The van der Waals surface area contributed by atoms with E-state index in [0.717, 1.165) is 30.8 Å². The maximum atomic E-state index is 13.2. The molecule has 172 valence electrons. The maximum Gasteiger partial charge on any atom is 0.253 e. The van der Waals surface area contributed by atoms with E-state index >= 15 is 0 Å². The molecule has 0 unspecified atom stereocenters. The van der Waals surface area contributed by atoms with Gasteiger partial charge in [0.15, 0.2) is 5.78 Å². The first-order valence-electron chi connectivity index (χ1n) is 11.3. The number of aromatic nitrogens is 1. The van der Waals surface area contributed by atoms with Gasteiger partial charge in [0.1, 0.15) is 5.75 Å². The Balaban J connectivity index is 1.54. The molecule has 1 aromatic carbocycles. The lowest BCUT2D eigenvalue weighted by Gasteiger charge is -2.51. The summed E-state index contributed by atoms with van der Waals surface area (Å²) < 4.78 is 7.85. The monoisotopic (exact) mass is 457 g/mol. The fourth-order valence-corrected chi connectivity index (χ4v) is 5.37. The Morgan fingerprint density at radius 2 is 1.81 bits per heavy atom. The second-order valence-corrected chi connectivity index (χ2v) is 10.3. The number of ether oxygens (including phenoxy) is 1. The lowest BCUT2D eigenvalue weighted by molar-refractivity contribution is 0.0519. The summed E-state index contributed by atoms with van der Waals surface area (Å²) in [4.78, 5) is 27.2. The van der Waals surface area contributed by atoms with Crippen LogP contribution in [0.3, 0.4) is 0 Å². The number of ketones is 1. The lowest BCUT2D eigenvalue weighted by Crippen LogP contribution is -2.63. The first-order chi connectivity index (χ1) is 15.0. The summed E-state index contributed by atoms with van der Waals surface area (Å²) in [6, 6.07) is 9.25. The van der Waals surface area contributed by atoms with Gasteiger partial charge in [-0.3, -0.25) is 14.9 Å². The van der Waals surface area contributed by atoms with Crippen LogP contribution in [-0.2, 0) is 12.1 Å². The first kappa shape index (κ1) is 22.9. The van der Waals surface area contributed by atoms with Crippen molar-refractivity contribution in [3.63, 3.8) is 0 Å². The number of rotatable bonds is 4. The number of carbonyl (C=O) groups excluding carboxylic acids is 2. The van der Waals surface area contributed by atoms with Crippen LogP contribution in [0.1, 0.15) is 74.0 Å². The average Bonchev–Trinajstić information content (AvgIpc) is 3.13. The Kier molecular flexibility index (Phi) is 5.88. The van der Waals surface area contributed by atoms with E-state index in [-0.39, 0.29) is 28.9 Å². The van der Waals surface area contributed by atoms with Crippen molar-refractivity contribution in [3.8, 4) is 5.75 Å². The summed E-state index contributed by atoms with van der Waals surface area (Å²) in [5, 5.41) is 4.29. The predicted octanol–water partition coefficient (Wildman–Crippen LogP) is 4.64. The van der Waals surface area contributed by atoms with E-state index in [4.69, 9.17) is 16.3 Å². The average molecular weight is 458 g/mol. The van der Waals surface area contributed by atoms with Crippen LogP contribution >= 0.6 is 11.6 Å². The van der Waals surface area contributed by atoms with E-state index in [1.807, 2.05) is 24.8 Å². The van der Waals surface area contributed by atoms with E-state index < -0.39 is 0 Å². The van der Waals surface area contributed by atoms with Gasteiger partial charge in [-0.2, -0.15) is 0 Å². The highest BCUT2D eigenvalue weighted by Crippen LogP contribution is 2.40. The topological polar surface area (TPSA) is 63.6 Å². The molecule has 1 aromatic heterocycles. The van der Waals surface area contributed by atoms with Gasteiger partial charge in [-0.05, 0) is 70.9 Å². The molecule has 32 heavy (non-hydrogen) atoms. The van der Waals surface area contributed by atoms with Crippen molar-refractivity contribution in [1.29, 1.82) is 0 Å². The zero-order chi connectivity index (χ0) is 23.3. The Hall–Kier alpha value is -2.31. The number of piperidine rings is 1. The van der Waals surface area contributed by atoms with Crippen LogP contribution in [0.25, 0.3) is 0 Å². The van der Waals surface area contributed by atoms with Gasteiger partial charge >= 0.3 is 0 Å². The number of carbonyl (C=O) groups is 2. The van der Waals surface area contributed by atoms with E-state index in [2.05, 4.69) is 29.8 Å². The van der Waals surface area contributed by atoms with Gasteiger partial charge in [-0.1, -0.05) is 11.6 Å². The largest absolute Gasteiger partial charge is 0.489 e. The zero-order valence-electron chi connectivity index (χ0n) is 19.5. The van der Waals surface area contributed by atoms with Crippen molar-refractivity contribution in [2.75, 3.05) is 13.1 Å². The third kappa shape index (κ3) is 4.18.